The molecule has 1 aromatic carbocycles. The Labute approximate surface area is 123 Å². The van der Waals surface area contributed by atoms with Gasteiger partial charge in [0.25, 0.3) is 10.0 Å². The van der Waals surface area contributed by atoms with E-state index in [4.69, 9.17) is 5.11 Å². The molecule has 0 aliphatic heterocycles. The number of benzene rings is 1. The minimum Gasteiger partial charge on any atom is -0.478 e. The van der Waals surface area contributed by atoms with E-state index in [1.807, 2.05) is 0 Å². The largest absolute Gasteiger partial charge is 0.478 e. The molecular formula is C11H10BrN3O4S. The van der Waals surface area contributed by atoms with Crippen LogP contribution in [-0.2, 0) is 17.1 Å². The predicted octanol–water partition coefficient (Wildman–Crippen LogP) is 1.68. The molecule has 106 valence electrons. The molecule has 2 N–H and O–H groups in total. The summed E-state index contributed by atoms with van der Waals surface area (Å²) in [6.07, 6.45) is 2.55. The van der Waals surface area contributed by atoms with Crippen LogP contribution in [0.25, 0.3) is 0 Å². The number of aryl methyl sites for hydroxylation is 1. The normalized spacial score (nSPS) is 11.3. The summed E-state index contributed by atoms with van der Waals surface area (Å²) >= 11 is 3.13. The van der Waals surface area contributed by atoms with Gasteiger partial charge in [0.15, 0.2) is 0 Å². The van der Waals surface area contributed by atoms with Crippen LogP contribution in [0.15, 0.2) is 40.0 Å². The summed E-state index contributed by atoms with van der Waals surface area (Å²) < 4.78 is 28.3. The lowest BCUT2D eigenvalue weighted by Gasteiger charge is -2.07. The lowest BCUT2D eigenvalue weighted by atomic mass is 10.2. The number of sulfonamides is 1. The second-order valence-electron chi connectivity index (χ2n) is 3.99. The molecule has 20 heavy (non-hydrogen) atoms. The van der Waals surface area contributed by atoms with Gasteiger partial charge in [-0.2, -0.15) is 5.10 Å². The van der Waals surface area contributed by atoms with E-state index in [0.717, 1.165) is 0 Å². The average molecular weight is 360 g/mol. The van der Waals surface area contributed by atoms with E-state index in [2.05, 4.69) is 25.8 Å². The van der Waals surface area contributed by atoms with Crippen LogP contribution >= 0.6 is 15.9 Å². The van der Waals surface area contributed by atoms with Gasteiger partial charge in [0.05, 0.1) is 17.4 Å². The Kier molecular flexibility index (Phi) is 3.82. The first-order valence-corrected chi connectivity index (χ1v) is 7.61. The van der Waals surface area contributed by atoms with Gasteiger partial charge in [0.2, 0.25) is 0 Å². The highest BCUT2D eigenvalue weighted by atomic mass is 79.9. The first-order valence-electron chi connectivity index (χ1n) is 5.33. The molecule has 0 amide bonds. The van der Waals surface area contributed by atoms with Crippen molar-refractivity contribution in [3.63, 3.8) is 0 Å². The Morgan fingerprint density at radius 2 is 2.10 bits per heavy atom. The molecule has 1 aromatic heterocycles. The molecule has 2 rings (SSSR count). The van der Waals surface area contributed by atoms with E-state index in [1.54, 1.807) is 7.05 Å². The minimum atomic E-state index is -3.80. The number of halogens is 1. The number of nitrogens with zero attached hydrogens (tertiary/aromatic N) is 2. The van der Waals surface area contributed by atoms with E-state index in [0.29, 0.717) is 4.47 Å². The van der Waals surface area contributed by atoms with Crippen LogP contribution in [0, 0.1) is 0 Å². The maximum Gasteiger partial charge on any atom is 0.335 e. The van der Waals surface area contributed by atoms with Crippen LogP contribution < -0.4 is 4.72 Å². The van der Waals surface area contributed by atoms with Crippen LogP contribution in [0.3, 0.4) is 0 Å². The van der Waals surface area contributed by atoms with Gasteiger partial charge >= 0.3 is 5.97 Å². The lowest BCUT2D eigenvalue weighted by molar-refractivity contribution is 0.0697. The molecule has 0 aliphatic carbocycles. The zero-order valence-corrected chi connectivity index (χ0v) is 12.6. The summed E-state index contributed by atoms with van der Waals surface area (Å²) in [5.41, 5.74) is 0.129. The third-order valence-electron chi connectivity index (χ3n) is 2.39. The van der Waals surface area contributed by atoms with Gasteiger partial charge in [-0.1, -0.05) is 15.9 Å². The number of nitrogens with one attached hydrogen (secondary N) is 1. The molecule has 0 aliphatic rings. The summed E-state index contributed by atoms with van der Waals surface area (Å²) in [5, 5.41) is 12.7. The fourth-order valence-electron chi connectivity index (χ4n) is 1.52. The van der Waals surface area contributed by atoms with Gasteiger partial charge in [0, 0.05) is 17.7 Å². The van der Waals surface area contributed by atoms with Crippen LogP contribution in [0.4, 0.5) is 5.69 Å². The third-order valence-corrected chi connectivity index (χ3v) is 4.18. The fourth-order valence-corrected chi connectivity index (χ4v) is 3.04. The number of rotatable bonds is 4. The summed E-state index contributed by atoms with van der Waals surface area (Å²) in [6.45, 7) is 0. The first-order chi connectivity index (χ1) is 9.28. The Hall–Kier alpha value is -1.87. The van der Waals surface area contributed by atoms with Crippen molar-refractivity contribution in [3.8, 4) is 0 Å². The zero-order valence-electron chi connectivity index (χ0n) is 10.2. The average Bonchev–Trinajstić information content (AvgIpc) is 2.75. The molecule has 0 unspecified atom stereocenters. The maximum atomic E-state index is 12.1. The molecule has 7 nitrogen and oxygen atoms in total. The SMILES string of the molecule is Cn1cc(S(=O)(=O)Nc2cc(Br)cc(C(=O)O)c2)cn1. The smallest absolute Gasteiger partial charge is 0.335 e. The van der Waals surface area contributed by atoms with Crippen molar-refractivity contribution in [1.82, 2.24) is 9.78 Å². The number of hydrogen-bond donors (Lipinski definition) is 2. The number of hydrogen-bond acceptors (Lipinski definition) is 4. The van der Waals surface area contributed by atoms with Crippen molar-refractivity contribution >= 4 is 37.6 Å². The standard InChI is InChI=1S/C11H10BrN3O4S/c1-15-6-10(5-13-15)20(18,19)14-9-3-7(11(16)17)2-8(12)4-9/h2-6,14H,1H3,(H,16,17). The second-order valence-corrected chi connectivity index (χ2v) is 6.59. The van der Waals surface area contributed by atoms with E-state index in [1.165, 1.54) is 35.3 Å². The number of carboxylic acids is 1. The van der Waals surface area contributed by atoms with Crippen molar-refractivity contribution < 1.29 is 18.3 Å². The highest BCUT2D eigenvalue weighted by Crippen LogP contribution is 2.22. The number of aromatic carboxylic acids is 1. The van der Waals surface area contributed by atoms with E-state index < -0.39 is 16.0 Å². The first kappa shape index (κ1) is 14.5. The van der Waals surface area contributed by atoms with E-state index in [9.17, 15) is 13.2 Å². The molecule has 0 radical (unpaired) electrons. The second kappa shape index (κ2) is 5.25. The Morgan fingerprint density at radius 3 is 2.65 bits per heavy atom. The van der Waals surface area contributed by atoms with Crippen LogP contribution in [0.1, 0.15) is 10.4 Å². The number of aromatic nitrogens is 2. The lowest BCUT2D eigenvalue weighted by Crippen LogP contribution is -2.13. The Balaban J connectivity index is 2.37. The van der Waals surface area contributed by atoms with Crippen molar-refractivity contribution in [2.24, 2.45) is 7.05 Å². The summed E-state index contributed by atoms with van der Waals surface area (Å²) in [6, 6.07) is 4.09. The molecule has 1 heterocycles. The maximum absolute atomic E-state index is 12.1. The van der Waals surface area contributed by atoms with Gasteiger partial charge in [0.1, 0.15) is 4.90 Å². The minimum absolute atomic E-state index is 0.00292. The van der Waals surface area contributed by atoms with Crippen molar-refractivity contribution in [3.05, 3.63) is 40.6 Å². The molecule has 9 heteroatoms. The molecule has 0 spiro atoms. The van der Waals surface area contributed by atoms with E-state index >= 15 is 0 Å². The summed E-state index contributed by atoms with van der Waals surface area (Å²) in [4.78, 5) is 10.9. The van der Waals surface area contributed by atoms with Gasteiger partial charge in [-0.05, 0) is 18.2 Å². The summed E-state index contributed by atoms with van der Waals surface area (Å²) in [5.74, 6) is -1.15. The molecule has 0 atom stereocenters. The third kappa shape index (κ3) is 3.17. The monoisotopic (exact) mass is 359 g/mol. The van der Waals surface area contributed by atoms with Gasteiger partial charge in [-0.25, -0.2) is 13.2 Å². The number of carbonyl (C=O) groups is 1. The number of anilines is 1. The van der Waals surface area contributed by atoms with Crippen LogP contribution in [0.2, 0.25) is 0 Å². The fraction of sp³-hybridized carbons (Fsp3) is 0.0909. The van der Waals surface area contributed by atoms with Crippen molar-refractivity contribution in [1.29, 1.82) is 0 Å². The highest BCUT2D eigenvalue weighted by molar-refractivity contribution is 9.10. The van der Waals surface area contributed by atoms with Crippen LogP contribution in [-0.4, -0.2) is 29.3 Å². The molecular weight excluding hydrogens is 350 g/mol. The zero-order chi connectivity index (χ0) is 14.9. The Morgan fingerprint density at radius 1 is 1.40 bits per heavy atom. The van der Waals surface area contributed by atoms with E-state index in [-0.39, 0.29) is 16.1 Å². The van der Waals surface area contributed by atoms with Gasteiger partial charge in [-0.15, -0.1) is 0 Å². The topological polar surface area (TPSA) is 101 Å². The number of carboxylic acid groups (broad SMARTS) is 1. The van der Waals surface area contributed by atoms with Crippen LogP contribution in [0.5, 0.6) is 0 Å². The molecule has 2 aromatic rings. The predicted molar refractivity (Wildman–Crippen MR) is 75.1 cm³/mol. The van der Waals surface area contributed by atoms with Crippen molar-refractivity contribution in [2.75, 3.05) is 4.72 Å². The highest BCUT2D eigenvalue weighted by Gasteiger charge is 2.17. The summed E-state index contributed by atoms with van der Waals surface area (Å²) in [7, 11) is -2.20. The van der Waals surface area contributed by atoms with Gasteiger partial charge in [-0.3, -0.25) is 9.40 Å². The molecule has 0 saturated heterocycles. The van der Waals surface area contributed by atoms with Gasteiger partial charge < -0.3 is 5.11 Å². The molecule has 0 saturated carbocycles. The molecule has 0 bridgehead atoms. The Bertz CT molecular complexity index is 770. The molecule has 0 fully saturated rings. The quantitative estimate of drug-likeness (QED) is 0.864. The van der Waals surface area contributed by atoms with Crippen molar-refractivity contribution in [2.45, 2.75) is 4.90 Å².